The highest BCUT2D eigenvalue weighted by molar-refractivity contribution is 5.98. The van der Waals surface area contributed by atoms with Crippen LogP contribution in [0.3, 0.4) is 0 Å². The average molecular weight is 349 g/mol. The van der Waals surface area contributed by atoms with Crippen molar-refractivity contribution in [2.24, 2.45) is 5.92 Å². The lowest BCUT2D eigenvalue weighted by Gasteiger charge is -2.31. The van der Waals surface area contributed by atoms with Crippen molar-refractivity contribution in [1.29, 1.82) is 0 Å². The number of nitrogens with one attached hydrogen (secondary N) is 1. The van der Waals surface area contributed by atoms with Crippen molar-refractivity contribution in [2.75, 3.05) is 0 Å². The van der Waals surface area contributed by atoms with E-state index in [0.717, 1.165) is 0 Å². The zero-order chi connectivity index (χ0) is 19.6. The molecule has 0 bridgehead atoms. The Labute approximate surface area is 151 Å². The third-order valence-electron chi connectivity index (χ3n) is 3.43. The van der Waals surface area contributed by atoms with E-state index in [1.807, 2.05) is 74.5 Å². The molecule has 0 amide bonds. The van der Waals surface area contributed by atoms with E-state index < -0.39 is 29.1 Å². The number of carbonyl (C=O) groups excluding carboxylic acids is 2. The zero-order valence-corrected chi connectivity index (χ0v) is 16.9. The van der Waals surface area contributed by atoms with Crippen LogP contribution < -0.4 is 5.32 Å². The first-order valence-electron chi connectivity index (χ1n) is 8.55. The van der Waals surface area contributed by atoms with Gasteiger partial charge in [-0.2, -0.15) is 0 Å². The van der Waals surface area contributed by atoms with Crippen LogP contribution in [-0.4, -0.2) is 23.1 Å². The Balaban J connectivity index is 3.34. The van der Waals surface area contributed by atoms with Crippen LogP contribution in [-0.2, 0) is 19.1 Å². The molecule has 0 aromatic rings. The van der Waals surface area contributed by atoms with E-state index in [1.54, 1.807) is 0 Å². The van der Waals surface area contributed by atoms with Crippen LogP contribution in [0.4, 0.5) is 0 Å². The van der Waals surface area contributed by atoms with Gasteiger partial charge in [0.15, 0.2) is 0 Å². The van der Waals surface area contributed by atoms with Gasteiger partial charge in [-0.3, -0.25) is 0 Å². The Morgan fingerprint density at radius 2 is 1.24 bits per heavy atom. The van der Waals surface area contributed by atoms with E-state index in [1.165, 1.54) is 0 Å². The number of allylic oxidation sites excluding steroid dienone is 4. The third-order valence-corrected chi connectivity index (χ3v) is 3.43. The normalized spacial score (nSPS) is 17.0. The Bertz CT molecular complexity index is 590. The van der Waals surface area contributed by atoms with Crippen molar-refractivity contribution in [2.45, 2.75) is 73.5 Å². The minimum absolute atomic E-state index is 0.430. The van der Waals surface area contributed by atoms with Crippen molar-refractivity contribution in [1.82, 2.24) is 5.32 Å². The molecule has 1 aliphatic heterocycles. The van der Waals surface area contributed by atoms with Gasteiger partial charge in [-0.15, -0.1) is 0 Å². The largest absolute Gasteiger partial charge is 0.457 e. The molecule has 140 valence electrons. The molecule has 5 nitrogen and oxygen atoms in total. The molecule has 0 unspecified atom stereocenters. The Morgan fingerprint density at radius 3 is 1.52 bits per heavy atom. The van der Waals surface area contributed by atoms with Gasteiger partial charge < -0.3 is 14.8 Å². The molecule has 0 saturated heterocycles. The van der Waals surface area contributed by atoms with Crippen LogP contribution in [0.2, 0.25) is 0 Å². The fraction of sp³-hybridized carbons (Fsp3) is 0.600. The van der Waals surface area contributed by atoms with E-state index >= 15 is 0 Å². The van der Waals surface area contributed by atoms with Crippen LogP contribution >= 0.6 is 0 Å². The smallest absolute Gasteiger partial charge is 0.337 e. The second kappa shape index (κ2) is 7.46. The average Bonchev–Trinajstić information content (AvgIpc) is 2.33. The molecule has 1 N–H and O–H groups in total. The fourth-order valence-corrected chi connectivity index (χ4v) is 2.64. The predicted octanol–water partition coefficient (Wildman–Crippen LogP) is 4.01. The first-order chi connectivity index (χ1) is 11.3. The maximum absolute atomic E-state index is 12.7. The number of esters is 2. The first-order valence-corrected chi connectivity index (χ1v) is 8.55. The quantitative estimate of drug-likeness (QED) is 0.616. The number of carbonyl (C=O) groups is 2. The van der Waals surface area contributed by atoms with E-state index in [0.29, 0.717) is 22.5 Å². The van der Waals surface area contributed by atoms with Gasteiger partial charge in [-0.05, 0) is 62.3 Å². The number of hydrogen-bond acceptors (Lipinski definition) is 5. The molecule has 0 saturated carbocycles. The van der Waals surface area contributed by atoms with E-state index in [-0.39, 0.29) is 0 Å². The van der Waals surface area contributed by atoms with E-state index in [9.17, 15) is 9.59 Å². The summed E-state index contributed by atoms with van der Waals surface area (Å²) in [6.07, 6.45) is 3.65. The van der Waals surface area contributed by atoms with Gasteiger partial charge in [0.25, 0.3) is 0 Å². The van der Waals surface area contributed by atoms with Gasteiger partial charge in [-0.25, -0.2) is 9.59 Å². The van der Waals surface area contributed by atoms with Crippen LogP contribution in [0.1, 0.15) is 62.3 Å². The highest BCUT2D eigenvalue weighted by Crippen LogP contribution is 2.34. The minimum Gasteiger partial charge on any atom is -0.457 e. The number of ether oxygens (including phenoxy) is 2. The summed E-state index contributed by atoms with van der Waals surface area (Å²) in [6.45, 7) is 16.4. The predicted molar refractivity (Wildman–Crippen MR) is 98.5 cm³/mol. The first kappa shape index (κ1) is 21.0. The summed E-state index contributed by atoms with van der Waals surface area (Å²) in [5.41, 5.74) is 0.989. The molecule has 1 rings (SSSR count). The van der Waals surface area contributed by atoms with Gasteiger partial charge in [-0.1, -0.05) is 12.2 Å². The molecule has 0 aromatic heterocycles. The monoisotopic (exact) mass is 349 g/mol. The van der Waals surface area contributed by atoms with Crippen molar-refractivity contribution in [3.05, 3.63) is 34.7 Å². The standard InChI is InChI=1S/C20H31NO4/c1-10-11-14-15(17(22)24-19(4,5)6)12(2)21-13(3)16(14)18(23)25-20(7,8)9/h10-11,14,21H,1-9H3. The van der Waals surface area contributed by atoms with Gasteiger partial charge >= 0.3 is 11.9 Å². The molecular formula is C20H31NO4. The van der Waals surface area contributed by atoms with Crippen LogP contribution in [0, 0.1) is 5.92 Å². The highest BCUT2D eigenvalue weighted by atomic mass is 16.6. The van der Waals surface area contributed by atoms with Gasteiger partial charge in [0.2, 0.25) is 0 Å². The maximum atomic E-state index is 12.7. The molecular weight excluding hydrogens is 318 g/mol. The topological polar surface area (TPSA) is 64.6 Å². The lowest BCUT2D eigenvalue weighted by Crippen LogP contribution is -2.36. The second-order valence-electron chi connectivity index (χ2n) is 8.21. The molecule has 0 spiro atoms. The number of dihydropyridines is 1. The molecule has 25 heavy (non-hydrogen) atoms. The summed E-state index contributed by atoms with van der Waals surface area (Å²) in [5.74, 6) is -1.38. The lowest BCUT2D eigenvalue weighted by molar-refractivity contribution is -0.151. The molecule has 1 aliphatic rings. The minimum atomic E-state index is -0.618. The summed E-state index contributed by atoms with van der Waals surface area (Å²) < 4.78 is 11.1. The second-order valence-corrected chi connectivity index (χ2v) is 8.21. The van der Waals surface area contributed by atoms with Crippen LogP contribution in [0.25, 0.3) is 0 Å². The molecule has 0 aliphatic carbocycles. The summed E-state index contributed by atoms with van der Waals surface area (Å²) in [6, 6.07) is 0. The fourth-order valence-electron chi connectivity index (χ4n) is 2.64. The van der Waals surface area contributed by atoms with Crippen molar-refractivity contribution in [3.8, 4) is 0 Å². The van der Waals surface area contributed by atoms with Crippen molar-refractivity contribution >= 4 is 11.9 Å². The zero-order valence-electron chi connectivity index (χ0n) is 16.9. The molecule has 5 heteroatoms. The maximum Gasteiger partial charge on any atom is 0.337 e. The number of rotatable bonds is 3. The SMILES string of the molecule is CC=CC1C(C(=O)OC(C)(C)C)=C(C)NC(C)=C1C(=O)OC(C)(C)C. The lowest BCUT2D eigenvalue weighted by atomic mass is 9.85. The number of hydrogen-bond donors (Lipinski definition) is 1. The van der Waals surface area contributed by atoms with Gasteiger partial charge in [0, 0.05) is 17.3 Å². The van der Waals surface area contributed by atoms with Crippen molar-refractivity contribution < 1.29 is 19.1 Å². The summed E-state index contributed by atoms with van der Waals surface area (Å²) in [7, 11) is 0. The molecule has 1 heterocycles. The third kappa shape index (κ3) is 5.76. The molecule has 0 fully saturated rings. The molecule has 0 radical (unpaired) electrons. The van der Waals surface area contributed by atoms with Crippen LogP contribution in [0.15, 0.2) is 34.7 Å². The summed E-state index contributed by atoms with van der Waals surface area (Å²) >= 11 is 0. The molecule has 0 atom stereocenters. The Kier molecular flexibility index (Phi) is 6.27. The van der Waals surface area contributed by atoms with E-state index in [2.05, 4.69) is 5.32 Å². The van der Waals surface area contributed by atoms with E-state index in [4.69, 9.17) is 9.47 Å². The summed E-state index contributed by atoms with van der Waals surface area (Å²) in [5, 5.41) is 3.12. The Morgan fingerprint density at radius 1 is 0.880 bits per heavy atom. The highest BCUT2D eigenvalue weighted by Gasteiger charge is 2.37. The van der Waals surface area contributed by atoms with Crippen molar-refractivity contribution in [3.63, 3.8) is 0 Å². The Hall–Kier alpha value is -2.04. The summed E-state index contributed by atoms with van der Waals surface area (Å²) in [4.78, 5) is 25.5. The van der Waals surface area contributed by atoms with Gasteiger partial charge in [0.05, 0.1) is 11.1 Å². The molecule has 0 aromatic carbocycles. The van der Waals surface area contributed by atoms with Gasteiger partial charge in [0.1, 0.15) is 11.2 Å². The van der Waals surface area contributed by atoms with Crippen LogP contribution in [0.5, 0.6) is 0 Å².